The normalized spacial score (nSPS) is 25.2. The highest BCUT2D eigenvalue weighted by molar-refractivity contribution is 5.95. The van der Waals surface area contributed by atoms with Crippen LogP contribution in [0.5, 0.6) is 0 Å². The maximum atomic E-state index is 11.7. The lowest BCUT2D eigenvalue weighted by Crippen LogP contribution is -2.44. The summed E-state index contributed by atoms with van der Waals surface area (Å²) in [5, 5.41) is 8.23. The van der Waals surface area contributed by atoms with Crippen molar-refractivity contribution >= 4 is 24.3 Å². The van der Waals surface area contributed by atoms with Crippen molar-refractivity contribution in [3.63, 3.8) is 0 Å². The molecule has 2 aliphatic heterocycles. The molecule has 0 aromatic heterocycles. The quantitative estimate of drug-likeness (QED) is 0.644. The number of halogens is 1. The Labute approximate surface area is 125 Å². The van der Waals surface area contributed by atoms with E-state index in [2.05, 4.69) is 27.4 Å². The van der Waals surface area contributed by atoms with Gasteiger partial charge in [0, 0.05) is 19.6 Å². The highest BCUT2D eigenvalue weighted by Crippen LogP contribution is 2.35. The first-order valence-electron chi connectivity index (χ1n) is 6.75. The number of hydrogen-bond donors (Lipinski definition) is 3. The van der Waals surface area contributed by atoms with Crippen LogP contribution in [0.3, 0.4) is 0 Å². The summed E-state index contributed by atoms with van der Waals surface area (Å²) < 4.78 is 0. The first-order valence-corrected chi connectivity index (χ1v) is 6.75. The minimum Gasteiger partial charge on any atom is -0.334 e. The van der Waals surface area contributed by atoms with E-state index < -0.39 is 6.03 Å². The second-order valence-electron chi connectivity index (χ2n) is 5.43. The standard InChI is InChI=1S/C13H22N4O2.ClH/c1-2-5-15-12(19)16-11(18)8-17-7-4-13(10-17)3-6-14-9-13;/h2,14H,1,3-10H2,(H2,15,16,18,19);1H. The number of carbonyl (C=O) groups excluding carboxylic acids is 2. The second kappa shape index (κ2) is 7.61. The fraction of sp³-hybridized carbons (Fsp3) is 0.692. The molecule has 114 valence electrons. The molecule has 0 radical (unpaired) electrons. The van der Waals surface area contributed by atoms with Crippen LogP contribution in [-0.4, -0.2) is 56.1 Å². The van der Waals surface area contributed by atoms with Crippen molar-refractivity contribution in [3.8, 4) is 0 Å². The molecule has 1 spiro atoms. The van der Waals surface area contributed by atoms with E-state index in [-0.39, 0.29) is 18.3 Å². The lowest BCUT2D eigenvalue weighted by atomic mass is 9.87. The Balaban J connectivity index is 0.00000200. The average molecular weight is 303 g/mol. The Hall–Kier alpha value is -1.11. The second-order valence-corrected chi connectivity index (χ2v) is 5.43. The molecular weight excluding hydrogens is 280 g/mol. The summed E-state index contributed by atoms with van der Waals surface area (Å²) in [4.78, 5) is 25.2. The van der Waals surface area contributed by atoms with Crippen molar-refractivity contribution in [1.82, 2.24) is 20.9 Å². The van der Waals surface area contributed by atoms with Gasteiger partial charge in [0.15, 0.2) is 0 Å². The summed E-state index contributed by atoms with van der Waals surface area (Å²) >= 11 is 0. The van der Waals surface area contributed by atoms with Gasteiger partial charge in [-0.1, -0.05) is 6.08 Å². The van der Waals surface area contributed by atoms with Crippen molar-refractivity contribution < 1.29 is 9.59 Å². The number of imide groups is 1. The monoisotopic (exact) mass is 302 g/mol. The smallest absolute Gasteiger partial charge is 0.321 e. The summed E-state index contributed by atoms with van der Waals surface area (Å²) in [6.07, 6.45) is 3.89. The van der Waals surface area contributed by atoms with Crippen LogP contribution in [0.1, 0.15) is 12.8 Å². The van der Waals surface area contributed by atoms with E-state index in [1.54, 1.807) is 6.08 Å². The molecule has 0 aromatic carbocycles. The number of likely N-dealkylation sites (tertiary alicyclic amines) is 1. The van der Waals surface area contributed by atoms with Crippen molar-refractivity contribution in [3.05, 3.63) is 12.7 Å². The third kappa shape index (κ3) is 4.47. The molecule has 3 N–H and O–H groups in total. The number of amides is 3. The topological polar surface area (TPSA) is 73.5 Å². The predicted molar refractivity (Wildman–Crippen MR) is 80.0 cm³/mol. The van der Waals surface area contributed by atoms with Crippen LogP contribution >= 0.6 is 12.4 Å². The maximum Gasteiger partial charge on any atom is 0.321 e. The van der Waals surface area contributed by atoms with Gasteiger partial charge < -0.3 is 10.6 Å². The van der Waals surface area contributed by atoms with Crippen LogP contribution < -0.4 is 16.0 Å². The molecule has 0 aliphatic carbocycles. The molecule has 6 nitrogen and oxygen atoms in total. The highest BCUT2D eigenvalue weighted by Gasteiger charge is 2.40. The molecule has 3 amide bonds. The van der Waals surface area contributed by atoms with Crippen LogP contribution in [0.15, 0.2) is 12.7 Å². The predicted octanol–water partition coefficient (Wildman–Crippen LogP) is 0.105. The summed E-state index contributed by atoms with van der Waals surface area (Å²) in [5.41, 5.74) is 0.353. The Morgan fingerprint density at radius 3 is 2.85 bits per heavy atom. The number of hydrogen-bond acceptors (Lipinski definition) is 4. The molecular formula is C13H23ClN4O2. The summed E-state index contributed by atoms with van der Waals surface area (Å²) in [7, 11) is 0. The fourth-order valence-corrected chi connectivity index (χ4v) is 2.88. The van der Waals surface area contributed by atoms with Gasteiger partial charge in [-0.05, 0) is 31.3 Å². The third-order valence-corrected chi connectivity index (χ3v) is 3.88. The van der Waals surface area contributed by atoms with Gasteiger partial charge in [0.1, 0.15) is 0 Å². The highest BCUT2D eigenvalue weighted by atomic mass is 35.5. The Kier molecular flexibility index (Phi) is 6.45. The largest absolute Gasteiger partial charge is 0.334 e. The van der Waals surface area contributed by atoms with Crippen LogP contribution in [0, 0.1) is 5.41 Å². The molecule has 1 atom stereocenters. The van der Waals surface area contributed by atoms with Gasteiger partial charge in [-0.3, -0.25) is 15.0 Å². The number of carbonyl (C=O) groups is 2. The molecule has 2 rings (SSSR count). The van der Waals surface area contributed by atoms with Crippen LogP contribution in [0.25, 0.3) is 0 Å². The van der Waals surface area contributed by atoms with E-state index in [1.165, 1.54) is 6.42 Å². The van der Waals surface area contributed by atoms with Gasteiger partial charge in [-0.25, -0.2) is 4.79 Å². The van der Waals surface area contributed by atoms with E-state index in [9.17, 15) is 9.59 Å². The van der Waals surface area contributed by atoms with Gasteiger partial charge in [0.25, 0.3) is 0 Å². The van der Waals surface area contributed by atoms with E-state index >= 15 is 0 Å². The van der Waals surface area contributed by atoms with E-state index in [0.29, 0.717) is 18.5 Å². The summed E-state index contributed by atoms with van der Waals surface area (Å²) in [5.74, 6) is -0.246. The molecule has 20 heavy (non-hydrogen) atoms. The third-order valence-electron chi connectivity index (χ3n) is 3.88. The van der Waals surface area contributed by atoms with E-state index in [0.717, 1.165) is 32.6 Å². The van der Waals surface area contributed by atoms with Gasteiger partial charge in [0.05, 0.1) is 6.54 Å². The number of nitrogens with zero attached hydrogens (tertiary/aromatic N) is 1. The van der Waals surface area contributed by atoms with Gasteiger partial charge in [-0.2, -0.15) is 0 Å². The van der Waals surface area contributed by atoms with Crippen molar-refractivity contribution in [2.75, 3.05) is 39.3 Å². The van der Waals surface area contributed by atoms with Gasteiger partial charge in [0.2, 0.25) is 5.91 Å². The van der Waals surface area contributed by atoms with Crippen molar-refractivity contribution in [2.24, 2.45) is 5.41 Å². The minimum atomic E-state index is -0.457. The zero-order valence-electron chi connectivity index (χ0n) is 11.6. The van der Waals surface area contributed by atoms with Crippen molar-refractivity contribution in [2.45, 2.75) is 12.8 Å². The lowest BCUT2D eigenvalue weighted by molar-refractivity contribution is -0.121. The average Bonchev–Trinajstić information content (AvgIpc) is 2.98. The maximum absolute atomic E-state index is 11.7. The van der Waals surface area contributed by atoms with E-state index in [4.69, 9.17) is 0 Å². The zero-order chi connectivity index (χ0) is 13.7. The Morgan fingerprint density at radius 2 is 2.20 bits per heavy atom. The number of nitrogens with one attached hydrogen (secondary N) is 3. The van der Waals surface area contributed by atoms with E-state index in [1.807, 2.05) is 0 Å². The van der Waals surface area contributed by atoms with Gasteiger partial charge >= 0.3 is 6.03 Å². The molecule has 0 aromatic rings. The van der Waals surface area contributed by atoms with Crippen molar-refractivity contribution in [1.29, 1.82) is 0 Å². The molecule has 0 bridgehead atoms. The summed E-state index contributed by atoms with van der Waals surface area (Å²) in [6, 6.07) is -0.457. The number of rotatable bonds is 4. The zero-order valence-corrected chi connectivity index (χ0v) is 12.4. The van der Waals surface area contributed by atoms with Crippen LogP contribution in [-0.2, 0) is 4.79 Å². The molecule has 1 unspecified atom stereocenters. The minimum absolute atomic E-state index is 0. The molecule has 2 fully saturated rings. The number of urea groups is 1. The molecule has 0 saturated carbocycles. The molecule has 7 heteroatoms. The van der Waals surface area contributed by atoms with Crippen LogP contribution in [0.4, 0.5) is 4.79 Å². The fourth-order valence-electron chi connectivity index (χ4n) is 2.88. The first-order chi connectivity index (χ1) is 9.13. The molecule has 2 aliphatic rings. The molecule has 2 saturated heterocycles. The Morgan fingerprint density at radius 1 is 1.40 bits per heavy atom. The van der Waals surface area contributed by atoms with Crippen LogP contribution in [0.2, 0.25) is 0 Å². The van der Waals surface area contributed by atoms with Gasteiger partial charge in [-0.15, -0.1) is 19.0 Å². The molecule has 2 heterocycles. The lowest BCUT2D eigenvalue weighted by Gasteiger charge is -2.22. The first kappa shape index (κ1) is 16.9. The Bertz CT molecular complexity index is 369. The summed E-state index contributed by atoms with van der Waals surface area (Å²) in [6.45, 7) is 8.15. The SMILES string of the molecule is C=CCNC(=O)NC(=O)CN1CCC2(CCNC2)C1.Cl.